The smallest absolute Gasteiger partial charge is 0.331 e. The Bertz CT molecular complexity index is 661. The largest absolute Gasteiger partial charge is 0.478 e. The molecule has 0 aliphatic heterocycles. The first-order valence-corrected chi connectivity index (χ1v) is 18.3. The zero-order chi connectivity index (χ0) is 31.8. The van der Waals surface area contributed by atoms with Gasteiger partial charge in [0.2, 0.25) is 0 Å². The van der Waals surface area contributed by atoms with Crippen molar-refractivity contribution in [2.45, 2.75) is 206 Å². The van der Waals surface area contributed by atoms with E-state index < -0.39 is 30.8 Å². The van der Waals surface area contributed by atoms with E-state index in [0.717, 1.165) is 12.8 Å². The highest BCUT2D eigenvalue weighted by Gasteiger charge is 2.22. The number of carboxylic acids is 1. The molecule has 0 aliphatic carbocycles. The summed E-state index contributed by atoms with van der Waals surface area (Å²) in [5.74, 6) is -1.64. The molecule has 0 aromatic carbocycles. The van der Waals surface area contributed by atoms with E-state index in [1.807, 2.05) is 0 Å². The van der Waals surface area contributed by atoms with E-state index in [1.165, 1.54) is 167 Å². The van der Waals surface area contributed by atoms with E-state index in [4.69, 9.17) is 14.9 Å². The number of esters is 1. The summed E-state index contributed by atoms with van der Waals surface area (Å²) >= 11 is 0. The lowest BCUT2D eigenvalue weighted by atomic mass is 10.0. The van der Waals surface area contributed by atoms with Crippen molar-refractivity contribution in [2.75, 3.05) is 6.61 Å². The van der Waals surface area contributed by atoms with Crippen molar-refractivity contribution < 1.29 is 29.6 Å². The molecule has 0 saturated heterocycles. The minimum atomic E-state index is -1.34. The average Bonchev–Trinajstić information content (AvgIpc) is 2.99. The van der Waals surface area contributed by atoms with E-state index >= 15 is 0 Å². The Labute approximate surface area is 265 Å². The summed E-state index contributed by atoms with van der Waals surface area (Å²) in [7, 11) is 0. The molecule has 0 rings (SSSR count). The van der Waals surface area contributed by atoms with Gasteiger partial charge in [-0.2, -0.15) is 0 Å². The highest BCUT2D eigenvalue weighted by Crippen LogP contribution is 2.17. The van der Waals surface area contributed by atoms with E-state index in [9.17, 15) is 14.7 Å². The van der Waals surface area contributed by atoms with Gasteiger partial charge in [0.15, 0.2) is 0 Å². The van der Waals surface area contributed by atoms with E-state index in [1.54, 1.807) is 0 Å². The monoisotopic (exact) mass is 611 g/mol. The third-order valence-electron chi connectivity index (χ3n) is 8.57. The van der Waals surface area contributed by atoms with Crippen LogP contribution in [0, 0.1) is 0 Å². The Morgan fingerprint density at radius 2 is 0.884 bits per heavy atom. The highest BCUT2D eigenvalue weighted by molar-refractivity contribution is 5.86. The van der Waals surface area contributed by atoms with Crippen molar-refractivity contribution in [1.29, 1.82) is 0 Å². The van der Waals surface area contributed by atoms with Crippen molar-refractivity contribution >= 4 is 11.9 Å². The van der Waals surface area contributed by atoms with Gasteiger partial charge < -0.3 is 20.1 Å². The van der Waals surface area contributed by atoms with Gasteiger partial charge in [-0.1, -0.05) is 174 Å². The molecule has 0 aliphatic rings. The van der Waals surface area contributed by atoms with Crippen LogP contribution >= 0.6 is 0 Å². The van der Waals surface area contributed by atoms with Crippen LogP contribution in [0.1, 0.15) is 194 Å². The molecule has 254 valence electrons. The molecule has 0 radical (unpaired) electrons. The summed E-state index contributed by atoms with van der Waals surface area (Å²) in [6, 6.07) is 0. The second-order valence-electron chi connectivity index (χ2n) is 12.8. The highest BCUT2D eigenvalue weighted by atomic mass is 16.6. The number of aliphatic hydroxyl groups is 2. The fourth-order valence-electron chi connectivity index (χ4n) is 5.62. The number of carbonyl (C=O) groups excluding carboxylic acids is 1. The lowest BCUT2D eigenvalue weighted by Crippen LogP contribution is -2.33. The van der Waals surface area contributed by atoms with Crippen LogP contribution in [0.25, 0.3) is 0 Å². The molecular formula is C37H70O6. The minimum absolute atomic E-state index is 0.0410. The Morgan fingerprint density at radius 3 is 1.16 bits per heavy atom. The molecule has 6 nitrogen and oxygen atoms in total. The van der Waals surface area contributed by atoms with E-state index in [-0.39, 0.29) is 12.0 Å². The lowest BCUT2D eigenvalue weighted by molar-refractivity contribution is -0.153. The SMILES string of the molecule is CCCCCCCCCCCCCCCCCCCCCCCCCCCCCC(=O)OC(C=C(C)C(=O)O)C(O)CO. The van der Waals surface area contributed by atoms with Gasteiger partial charge >= 0.3 is 11.9 Å². The lowest BCUT2D eigenvalue weighted by Gasteiger charge is -2.19. The predicted octanol–water partition coefficient (Wildman–Crippen LogP) is 10.2. The average molecular weight is 611 g/mol. The first-order chi connectivity index (χ1) is 20.9. The number of unbranched alkanes of at least 4 members (excludes halogenated alkanes) is 26. The van der Waals surface area contributed by atoms with Crippen molar-refractivity contribution in [3.8, 4) is 0 Å². The third-order valence-corrected chi connectivity index (χ3v) is 8.57. The van der Waals surface area contributed by atoms with E-state index in [2.05, 4.69) is 6.92 Å². The number of carbonyl (C=O) groups is 2. The topological polar surface area (TPSA) is 104 Å². The van der Waals surface area contributed by atoms with Crippen LogP contribution < -0.4 is 0 Å². The molecule has 0 spiro atoms. The maximum absolute atomic E-state index is 12.1. The first-order valence-electron chi connectivity index (χ1n) is 18.3. The maximum atomic E-state index is 12.1. The molecule has 0 amide bonds. The van der Waals surface area contributed by atoms with Gasteiger partial charge in [0, 0.05) is 12.0 Å². The van der Waals surface area contributed by atoms with Gasteiger partial charge in [0.25, 0.3) is 0 Å². The molecule has 2 unspecified atom stereocenters. The fourth-order valence-corrected chi connectivity index (χ4v) is 5.62. The quantitative estimate of drug-likeness (QED) is 0.0388. The van der Waals surface area contributed by atoms with Gasteiger partial charge in [0.05, 0.1) is 6.61 Å². The molecule has 0 aromatic rings. The fraction of sp³-hybridized carbons (Fsp3) is 0.892. The Morgan fingerprint density at radius 1 is 0.581 bits per heavy atom. The zero-order valence-corrected chi connectivity index (χ0v) is 28.3. The molecule has 0 aromatic heterocycles. The van der Waals surface area contributed by atoms with Crippen LogP contribution in [0.4, 0.5) is 0 Å². The number of rotatable bonds is 33. The number of ether oxygens (including phenoxy) is 1. The number of aliphatic carboxylic acids is 1. The van der Waals surface area contributed by atoms with Crippen LogP contribution in [0.5, 0.6) is 0 Å². The normalized spacial score (nSPS) is 13.3. The molecule has 0 bridgehead atoms. The van der Waals surface area contributed by atoms with Crippen molar-refractivity contribution in [3.05, 3.63) is 11.6 Å². The molecule has 2 atom stereocenters. The molecular weight excluding hydrogens is 540 g/mol. The Kier molecular flexibility index (Phi) is 31.0. The van der Waals surface area contributed by atoms with Crippen molar-refractivity contribution in [1.82, 2.24) is 0 Å². The number of carboxylic acid groups (broad SMARTS) is 1. The summed E-state index contributed by atoms with van der Waals surface area (Å²) in [5, 5.41) is 27.9. The Hall–Kier alpha value is -1.40. The zero-order valence-electron chi connectivity index (χ0n) is 28.3. The summed E-state index contributed by atoms with van der Waals surface area (Å²) in [6.07, 6.45) is 35.1. The van der Waals surface area contributed by atoms with Crippen LogP contribution in [0.15, 0.2) is 11.6 Å². The second kappa shape index (κ2) is 32.0. The number of aliphatic hydroxyl groups excluding tert-OH is 2. The molecule has 0 saturated carbocycles. The summed E-state index contributed by atoms with van der Waals surface area (Å²) in [4.78, 5) is 23.1. The number of hydrogen-bond donors (Lipinski definition) is 3. The van der Waals surface area contributed by atoms with Gasteiger partial charge in [0.1, 0.15) is 12.2 Å². The summed E-state index contributed by atoms with van der Waals surface area (Å²) in [5.41, 5.74) is -0.0410. The standard InChI is InChI=1S/C37H70O6/c1-3-4-5-6-7-8-9-10-11-12-13-14-15-16-17-18-19-20-21-22-23-24-25-26-27-28-29-30-36(40)43-35(34(39)32-38)31-33(2)37(41)42/h31,34-35,38-39H,3-30,32H2,1-2H3,(H,41,42). The third kappa shape index (κ3) is 29.1. The van der Waals surface area contributed by atoms with Crippen molar-refractivity contribution in [2.24, 2.45) is 0 Å². The maximum Gasteiger partial charge on any atom is 0.331 e. The molecule has 0 heterocycles. The summed E-state index contributed by atoms with van der Waals surface area (Å²) < 4.78 is 5.19. The van der Waals surface area contributed by atoms with Gasteiger partial charge in [-0.05, 0) is 19.4 Å². The summed E-state index contributed by atoms with van der Waals surface area (Å²) in [6.45, 7) is 3.03. The molecule has 6 heteroatoms. The molecule has 0 fully saturated rings. The first kappa shape index (κ1) is 41.6. The predicted molar refractivity (Wildman–Crippen MR) is 179 cm³/mol. The van der Waals surface area contributed by atoms with Crippen LogP contribution in [-0.2, 0) is 14.3 Å². The number of hydrogen-bond acceptors (Lipinski definition) is 5. The van der Waals surface area contributed by atoms with Gasteiger partial charge in [-0.25, -0.2) is 4.79 Å². The van der Waals surface area contributed by atoms with Crippen LogP contribution in [-0.4, -0.2) is 46.1 Å². The van der Waals surface area contributed by atoms with Gasteiger partial charge in [-0.3, -0.25) is 4.79 Å². The van der Waals surface area contributed by atoms with Gasteiger partial charge in [-0.15, -0.1) is 0 Å². The van der Waals surface area contributed by atoms with Crippen LogP contribution in [0.2, 0.25) is 0 Å². The minimum Gasteiger partial charge on any atom is -0.478 e. The van der Waals surface area contributed by atoms with Crippen molar-refractivity contribution in [3.63, 3.8) is 0 Å². The second-order valence-corrected chi connectivity index (χ2v) is 12.8. The molecule has 3 N–H and O–H groups in total. The Balaban J connectivity index is 3.39. The van der Waals surface area contributed by atoms with E-state index in [0.29, 0.717) is 6.42 Å². The molecule has 43 heavy (non-hydrogen) atoms. The van der Waals surface area contributed by atoms with Crippen LogP contribution in [0.3, 0.4) is 0 Å².